The third-order valence-electron chi connectivity index (χ3n) is 2.83. The molecule has 114 valence electrons. The first-order chi connectivity index (χ1) is 9.91. The highest BCUT2D eigenvalue weighted by molar-refractivity contribution is 5.87. The first-order valence-corrected chi connectivity index (χ1v) is 6.35. The van der Waals surface area contributed by atoms with Crippen LogP contribution in [0, 0.1) is 5.92 Å². The number of carbonyl (C=O) groups excluding carboxylic acids is 3. The van der Waals surface area contributed by atoms with Gasteiger partial charge in [-0.15, -0.1) is 5.48 Å². The molecule has 0 saturated heterocycles. The Labute approximate surface area is 122 Å². The SMILES string of the molecule is CC(=O)C(N)[C@H](C)C(=O)ONC(=O)OCc1ccccc1. The predicted octanol–water partition coefficient (Wildman–Crippen LogP) is 0.923. The molecule has 1 aromatic rings. The van der Waals surface area contributed by atoms with Gasteiger partial charge in [-0.1, -0.05) is 30.3 Å². The van der Waals surface area contributed by atoms with E-state index in [0.717, 1.165) is 5.56 Å². The summed E-state index contributed by atoms with van der Waals surface area (Å²) in [5.74, 6) is -2.02. The number of hydroxylamine groups is 1. The zero-order chi connectivity index (χ0) is 15.8. The van der Waals surface area contributed by atoms with Gasteiger partial charge in [0, 0.05) is 0 Å². The van der Waals surface area contributed by atoms with E-state index in [1.807, 2.05) is 11.5 Å². The second-order valence-electron chi connectivity index (χ2n) is 4.51. The van der Waals surface area contributed by atoms with Crippen molar-refractivity contribution in [1.29, 1.82) is 0 Å². The Hall–Kier alpha value is -2.41. The number of Topliss-reactive ketones (excluding diaryl/α,β-unsaturated/α-hetero) is 1. The fourth-order valence-corrected chi connectivity index (χ4v) is 1.44. The lowest BCUT2D eigenvalue weighted by Crippen LogP contribution is -2.42. The van der Waals surface area contributed by atoms with Crippen LogP contribution < -0.4 is 11.2 Å². The van der Waals surface area contributed by atoms with Gasteiger partial charge in [0.2, 0.25) is 0 Å². The van der Waals surface area contributed by atoms with Crippen molar-refractivity contribution >= 4 is 17.8 Å². The average molecular weight is 294 g/mol. The number of hydrogen-bond acceptors (Lipinski definition) is 6. The molecule has 7 heteroatoms. The summed E-state index contributed by atoms with van der Waals surface area (Å²) < 4.78 is 4.84. The number of ether oxygens (including phenoxy) is 1. The van der Waals surface area contributed by atoms with E-state index < -0.39 is 24.0 Å². The van der Waals surface area contributed by atoms with Crippen LogP contribution in [-0.2, 0) is 25.8 Å². The normalized spacial score (nSPS) is 12.9. The summed E-state index contributed by atoms with van der Waals surface area (Å²) in [6, 6.07) is 8.05. The summed E-state index contributed by atoms with van der Waals surface area (Å²) >= 11 is 0. The van der Waals surface area contributed by atoms with Gasteiger partial charge in [0.25, 0.3) is 0 Å². The molecule has 1 unspecified atom stereocenters. The Kier molecular flexibility index (Phi) is 6.35. The standard InChI is InChI=1S/C14H18N2O5/c1-9(12(15)10(2)17)13(18)21-16-14(19)20-8-11-6-4-3-5-7-11/h3-7,9,12H,8,15H2,1-2H3,(H,16,19)/t9-,12?/m0/s1. The largest absolute Gasteiger partial charge is 0.443 e. The van der Waals surface area contributed by atoms with E-state index in [0.29, 0.717) is 0 Å². The van der Waals surface area contributed by atoms with Gasteiger partial charge in [0.05, 0.1) is 12.0 Å². The maximum absolute atomic E-state index is 11.5. The van der Waals surface area contributed by atoms with Crippen molar-refractivity contribution in [3.63, 3.8) is 0 Å². The summed E-state index contributed by atoms with van der Waals surface area (Å²) in [5, 5.41) is 0. The van der Waals surface area contributed by atoms with Crippen LogP contribution in [0.5, 0.6) is 0 Å². The lowest BCUT2D eigenvalue weighted by Gasteiger charge is -2.15. The molecule has 0 radical (unpaired) electrons. The first-order valence-electron chi connectivity index (χ1n) is 6.35. The van der Waals surface area contributed by atoms with E-state index in [2.05, 4.69) is 4.84 Å². The van der Waals surface area contributed by atoms with Crippen molar-refractivity contribution in [2.75, 3.05) is 0 Å². The first kappa shape index (κ1) is 16.6. The van der Waals surface area contributed by atoms with Gasteiger partial charge in [-0.3, -0.25) is 4.79 Å². The van der Waals surface area contributed by atoms with E-state index in [-0.39, 0.29) is 12.4 Å². The molecule has 3 N–H and O–H groups in total. The molecule has 1 rings (SSSR count). The van der Waals surface area contributed by atoms with Gasteiger partial charge < -0.3 is 15.3 Å². The van der Waals surface area contributed by atoms with Gasteiger partial charge in [-0.25, -0.2) is 9.59 Å². The Morgan fingerprint density at radius 1 is 1.24 bits per heavy atom. The number of rotatable bonds is 5. The van der Waals surface area contributed by atoms with E-state index >= 15 is 0 Å². The van der Waals surface area contributed by atoms with Gasteiger partial charge in [0.1, 0.15) is 12.4 Å². The van der Waals surface area contributed by atoms with Crippen LogP contribution in [0.2, 0.25) is 0 Å². The Bertz CT molecular complexity index is 503. The van der Waals surface area contributed by atoms with Crippen LogP contribution in [0.1, 0.15) is 19.4 Å². The maximum Gasteiger partial charge on any atom is 0.441 e. The molecule has 0 spiro atoms. The Balaban J connectivity index is 2.32. The second kappa shape index (κ2) is 8.01. The lowest BCUT2D eigenvalue weighted by atomic mass is 10.0. The smallest absolute Gasteiger partial charge is 0.441 e. The molecule has 0 fully saturated rings. The molecule has 2 atom stereocenters. The van der Waals surface area contributed by atoms with Gasteiger partial charge in [-0.05, 0) is 19.4 Å². The molecule has 0 aliphatic carbocycles. The second-order valence-corrected chi connectivity index (χ2v) is 4.51. The number of nitrogens with one attached hydrogen (secondary N) is 1. The van der Waals surface area contributed by atoms with Gasteiger partial charge in [0.15, 0.2) is 0 Å². The lowest BCUT2D eigenvalue weighted by molar-refractivity contribution is -0.156. The topological polar surface area (TPSA) is 108 Å². The van der Waals surface area contributed by atoms with Gasteiger partial charge >= 0.3 is 12.1 Å². The number of amides is 1. The molecule has 0 aliphatic heterocycles. The number of hydrogen-bond donors (Lipinski definition) is 2. The fraction of sp³-hybridized carbons (Fsp3) is 0.357. The highest BCUT2D eigenvalue weighted by Gasteiger charge is 2.26. The quantitative estimate of drug-likeness (QED) is 0.782. The highest BCUT2D eigenvalue weighted by atomic mass is 16.7. The average Bonchev–Trinajstić information content (AvgIpc) is 2.49. The van der Waals surface area contributed by atoms with E-state index in [4.69, 9.17) is 10.5 Å². The third-order valence-corrected chi connectivity index (χ3v) is 2.83. The molecule has 0 heterocycles. The molecule has 0 saturated carbocycles. The minimum absolute atomic E-state index is 0.0484. The zero-order valence-corrected chi connectivity index (χ0v) is 11.9. The molecule has 21 heavy (non-hydrogen) atoms. The minimum Gasteiger partial charge on any atom is -0.443 e. The number of ketones is 1. The molecule has 0 aromatic heterocycles. The van der Waals surface area contributed by atoms with E-state index in [1.54, 1.807) is 24.3 Å². The van der Waals surface area contributed by atoms with Crippen molar-refractivity contribution in [2.24, 2.45) is 11.7 Å². The van der Waals surface area contributed by atoms with Crippen molar-refractivity contribution in [1.82, 2.24) is 5.48 Å². The molecule has 7 nitrogen and oxygen atoms in total. The number of benzene rings is 1. The molecular formula is C14H18N2O5. The predicted molar refractivity (Wildman–Crippen MR) is 73.7 cm³/mol. The number of nitrogens with two attached hydrogens (primary N) is 1. The molecular weight excluding hydrogens is 276 g/mol. The van der Waals surface area contributed by atoms with Crippen LogP contribution >= 0.6 is 0 Å². The van der Waals surface area contributed by atoms with Crippen molar-refractivity contribution < 1.29 is 24.0 Å². The van der Waals surface area contributed by atoms with Crippen LogP contribution in [0.25, 0.3) is 0 Å². The molecule has 1 aromatic carbocycles. The molecule has 0 aliphatic rings. The van der Waals surface area contributed by atoms with Crippen molar-refractivity contribution in [3.8, 4) is 0 Å². The maximum atomic E-state index is 11.5. The highest BCUT2D eigenvalue weighted by Crippen LogP contribution is 2.04. The minimum atomic E-state index is -0.973. The summed E-state index contributed by atoms with van der Waals surface area (Å²) in [7, 11) is 0. The Morgan fingerprint density at radius 2 is 1.86 bits per heavy atom. The molecule has 0 bridgehead atoms. The summed E-state index contributed by atoms with van der Waals surface area (Å²) in [5.41, 5.74) is 8.15. The van der Waals surface area contributed by atoms with Crippen LogP contribution in [0.4, 0.5) is 4.79 Å². The summed E-state index contributed by atoms with van der Waals surface area (Å²) in [6.07, 6.45) is -0.907. The van der Waals surface area contributed by atoms with Gasteiger partial charge in [-0.2, -0.15) is 0 Å². The van der Waals surface area contributed by atoms with Crippen molar-refractivity contribution in [2.45, 2.75) is 26.5 Å². The van der Waals surface area contributed by atoms with Crippen LogP contribution in [0.3, 0.4) is 0 Å². The van der Waals surface area contributed by atoms with E-state index in [9.17, 15) is 14.4 Å². The zero-order valence-electron chi connectivity index (χ0n) is 11.9. The third kappa shape index (κ3) is 5.62. The van der Waals surface area contributed by atoms with Crippen LogP contribution in [-0.4, -0.2) is 23.9 Å². The summed E-state index contributed by atoms with van der Waals surface area (Å²) in [4.78, 5) is 38.5. The fourth-order valence-electron chi connectivity index (χ4n) is 1.44. The van der Waals surface area contributed by atoms with Crippen LogP contribution in [0.15, 0.2) is 30.3 Å². The van der Waals surface area contributed by atoms with E-state index in [1.165, 1.54) is 13.8 Å². The Morgan fingerprint density at radius 3 is 2.43 bits per heavy atom. The summed E-state index contributed by atoms with van der Waals surface area (Å²) in [6.45, 7) is 2.76. The number of carbonyl (C=O) groups is 3. The molecule has 1 amide bonds. The monoisotopic (exact) mass is 294 g/mol. The van der Waals surface area contributed by atoms with Crippen molar-refractivity contribution in [3.05, 3.63) is 35.9 Å².